The third-order valence-corrected chi connectivity index (χ3v) is 1.59. The molecule has 1 N–H and O–H groups in total. The molecule has 4 heteroatoms. The zero-order valence-electron chi connectivity index (χ0n) is 7.86. The highest BCUT2D eigenvalue weighted by Crippen LogP contribution is 2.05. The van der Waals surface area contributed by atoms with Crippen molar-refractivity contribution in [2.24, 2.45) is 5.92 Å². The van der Waals surface area contributed by atoms with Crippen LogP contribution in [0.4, 0.5) is 0 Å². The van der Waals surface area contributed by atoms with Crippen LogP contribution in [0.3, 0.4) is 0 Å². The molecule has 4 nitrogen and oxygen atoms in total. The van der Waals surface area contributed by atoms with Crippen LogP contribution < -0.4 is 0 Å². The number of carbonyl (C=O) groups is 2. The monoisotopic (exact) mass is 188 g/mol. The van der Waals surface area contributed by atoms with Crippen molar-refractivity contribution in [3.8, 4) is 0 Å². The van der Waals surface area contributed by atoms with Crippen LogP contribution in [0, 0.1) is 5.92 Å². The van der Waals surface area contributed by atoms with Gasteiger partial charge in [0, 0.05) is 6.61 Å². The second-order valence-corrected chi connectivity index (χ2v) is 2.78. The lowest BCUT2D eigenvalue weighted by Crippen LogP contribution is -2.19. The van der Waals surface area contributed by atoms with E-state index in [9.17, 15) is 9.59 Å². The zero-order valence-corrected chi connectivity index (χ0v) is 7.86. The van der Waals surface area contributed by atoms with Gasteiger partial charge in [0.2, 0.25) is 0 Å². The van der Waals surface area contributed by atoms with Crippen molar-refractivity contribution in [3.05, 3.63) is 0 Å². The van der Waals surface area contributed by atoms with Gasteiger partial charge < -0.3 is 14.6 Å². The molecule has 0 fully saturated rings. The summed E-state index contributed by atoms with van der Waals surface area (Å²) >= 11 is 0. The Hall–Kier alpha value is -0.900. The van der Waals surface area contributed by atoms with Crippen LogP contribution in [0.1, 0.15) is 26.2 Å². The Balaban J connectivity index is 3.77. The van der Waals surface area contributed by atoms with Crippen molar-refractivity contribution in [3.63, 3.8) is 0 Å². The highest BCUT2D eigenvalue weighted by Gasteiger charge is 2.17. The van der Waals surface area contributed by atoms with Crippen LogP contribution >= 0.6 is 0 Å². The van der Waals surface area contributed by atoms with Crippen LogP contribution in [0.15, 0.2) is 0 Å². The summed E-state index contributed by atoms with van der Waals surface area (Å²) in [5.41, 5.74) is 0. The van der Waals surface area contributed by atoms with E-state index >= 15 is 0 Å². The number of aldehydes is 1. The van der Waals surface area contributed by atoms with Gasteiger partial charge in [-0.15, -0.1) is 0 Å². The minimum Gasteiger partial charge on any atom is -0.465 e. The number of hydrogen-bond donors (Lipinski definition) is 1. The van der Waals surface area contributed by atoms with E-state index in [1.165, 1.54) is 0 Å². The Kier molecular flexibility index (Phi) is 7.20. The number of rotatable bonds is 7. The fourth-order valence-electron chi connectivity index (χ4n) is 0.862. The molecule has 0 rings (SSSR count). The van der Waals surface area contributed by atoms with E-state index in [4.69, 9.17) is 9.84 Å². The molecular formula is C9H16O4. The number of carbonyl (C=O) groups excluding carboxylic acids is 2. The van der Waals surface area contributed by atoms with Gasteiger partial charge in [-0.25, -0.2) is 0 Å². The van der Waals surface area contributed by atoms with E-state index in [1.807, 2.05) is 6.92 Å². The van der Waals surface area contributed by atoms with Crippen LogP contribution in [-0.4, -0.2) is 30.6 Å². The quantitative estimate of drug-likeness (QED) is 0.359. The standard InChI is InChI=1S/C9H16O4/c1-2-6-13-9(12)8(7-11)4-3-5-10/h7-8,10H,2-6H2,1H3. The molecule has 0 aromatic heterocycles. The third kappa shape index (κ3) is 5.36. The molecule has 0 aromatic rings. The molecule has 1 unspecified atom stereocenters. The first-order chi connectivity index (χ1) is 6.26. The highest BCUT2D eigenvalue weighted by molar-refractivity contribution is 5.87. The molecule has 76 valence electrons. The molecule has 0 saturated carbocycles. The summed E-state index contributed by atoms with van der Waals surface area (Å²) < 4.78 is 4.79. The second-order valence-electron chi connectivity index (χ2n) is 2.78. The minimum absolute atomic E-state index is 0.00853. The fourth-order valence-corrected chi connectivity index (χ4v) is 0.862. The van der Waals surface area contributed by atoms with E-state index in [2.05, 4.69) is 0 Å². The molecule has 0 saturated heterocycles. The van der Waals surface area contributed by atoms with Gasteiger partial charge >= 0.3 is 5.97 Å². The Morgan fingerprint density at radius 2 is 2.31 bits per heavy atom. The predicted octanol–water partition coefficient (Wildman–Crippen LogP) is 0.527. The topological polar surface area (TPSA) is 63.6 Å². The first-order valence-electron chi connectivity index (χ1n) is 4.49. The Morgan fingerprint density at radius 1 is 1.62 bits per heavy atom. The maximum atomic E-state index is 11.1. The Morgan fingerprint density at radius 3 is 2.77 bits per heavy atom. The van der Waals surface area contributed by atoms with Gasteiger partial charge in [-0.3, -0.25) is 4.79 Å². The molecule has 0 heterocycles. The van der Waals surface area contributed by atoms with Gasteiger partial charge in [-0.2, -0.15) is 0 Å². The molecule has 0 aliphatic rings. The lowest BCUT2D eigenvalue weighted by atomic mass is 10.1. The van der Waals surface area contributed by atoms with Gasteiger partial charge in [0.15, 0.2) is 0 Å². The van der Waals surface area contributed by atoms with E-state index < -0.39 is 11.9 Å². The molecule has 0 spiro atoms. The molecule has 0 bridgehead atoms. The second kappa shape index (κ2) is 7.73. The molecular weight excluding hydrogens is 172 g/mol. The lowest BCUT2D eigenvalue weighted by Gasteiger charge is -2.08. The average Bonchev–Trinajstić information content (AvgIpc) is 2.16. The largest absolute Gasteiger partial charge is 0.465 e. The van der Waals surface area contributed by atoms with Crippen molar-refractivity contribution in [1.82, 2.24) is 0 Å². The van der Waals surface area contributed by atoms with Crippen molar-refractivity contribution < 1.29 is 19.4 Å². The third-order valence-electron chi connectivity index (χ3n) is 1.59. The van der Waals surface area contributed by atoms with Crippen LogP contribution in [0.2, 0.25) is 0 Å². The summed E-state index contributed by atoms with van der Waals surface area (Å²) in [7, 11) is 0. The SMILES string of the molecule is CCCOC(=O)C(C=O)CCCO. The summed E-state index contributed by atoms with van der Waals surface area (Å²) in [5.74, 6) is -1.19. The Labute approximate surface area is 77.9 Å². The summed E-state index contributed by atoms with van der Waals surface area (Å²) in [5, 5.41) is 8.50. The molecule has 1 atom stereocenters. The minimum atomic E-state index is -0.710. The first-order valence-corrected chi connectivity index (χ1v) is 4.49. The maximum Gasteiger partial charge on any atom is 0.316 e. The number of aliphatic hydroxyl groups is 1. The maximum absolute atomic E-state index is 11.1. The molecule has 13 heavy (non-hydrogen) atoms. The number of hydrogen-bond acceptors (Lipinski definition) is 4. The summed E-state index contributed by atoms with van der Waals surface area (Å²) in [6, 6.07) is 0. The van der Waals surface area contributed by atoms with E-state index in [-0.39, 0.29) is 6.61 Å². The zero-order chi connectivity index (χ0) is 10.1. The van der Waals surface area contributed by atoms with Crippen molar-refractivity contribution in [1.29, 1.82) is 0 Å². The van der Waals surface area contributed by atoms with Crippen molar-refractivity contribution in [2.45, 2.75) is 26.2 Å². The van der Waals surface area contributed by atoms with Gasteiger partial charge in [0.1, 0.15) is 12.2 Å². The van der Waals surface area contributed by atoms with Crippen LogP contribution in [0.25, 0.3) is 0 Å². The van der Waals surface area contributed by atoms with Gasteiger partial charge in [0.25, 0.3) is 0 Å². The van der Waals surface area contributed by atoms with Crippen molar-refractivity contribution in [2.75, 3.05) is 13.2 Å². The number of aliphatic hydroxyl groups excluding tert-OH is 1. The van der Waals surface area contributed by atoms with Gasteiger partial charge in [-0.05, 0) is 19.3 Å². The molecule has 0 amide bonds. The fraction of sp³-hybridized carbons (Fsp3) is 0.778. The van der Waals surface area contributed by atoms with Gasteiger partial charge in [-0.1, -0.05) is 6.92 Å². The number of esters is 1. The smallest absolute Gasteiger partial charge is 0.316 e. The van der Waals surface area contributed by atoms with Crippen LogP contribution in [0.5, 0.6) is 0 Å². The summed E-state index contributed by atoms with van der Waals surface area (Å²) in [6.45, 7) is 2.23. The van der Waals surface area contributed by atoms with Gasteiger partial charge in [0.05, 0.1) is 6.61 Å². The molecule has 0 aromatic carbocycles. The molecule has 0 radical (unpaired) electrons. The van der Waals surface area contributed by atoms with Crippen LogP contribution in [-0.2, 0) is 14.3 Å². The van der Waals surface area contributed by atoms with E-state index in [0.717, 1.165) is 6.42 Å². The Bertz CT molecular complexity index is 156. The lowest BCUT2D eigenvalue weighted by molar-refractivity contribution is -0.150. The van der Waals surface area contributed by atoms with E-state index in [1.54, 1.807) is 0 Å². The number of ether oxygens (including phenoxy) is 1. The van der Waals surface area contributed by atoms with Crippen molar-refractivity contribution >= 4 is 12.3 Å². The molecule has 0 aliphatic heterocycles. The molecule has 0 aliphatic carbocycles. The predicted molar refractivity (Wildman–Crippen MR) is 47.1 cm³/mol. The first kappa shape index (κ1) is 12.1. The average molecular weight is 188 g/mol. The summed E-state index contributed by atoms with van der Waals surface area (Å²) in [4.78, 5) is 21.5. The van der Waals surface area contributed by atoms with E-state index in [0.29, 0.717) is 25.7 Å². The normalized spacial score (nSPS) is 12.2. The summed E-state index contributed by atoms with van der Waals surface area (Å²) in [6.07, 6.45) is 2.14. The highest BCUT2D eigenvalue weighted by atomic mass is 16.5.